The smallest absolute Gasteiger partial charge is 0.306 e. The van der Waals surface area contributed by atoms with Gasteiger partial charge < -0.3 is 20.3 Å². The fourth-order valence-corrected chi connectivity index (χ4v) is 10.0. The van der Waals surface area contributed by atoms with Crippen LogP contribution in [0.1, 0.15) is 355 Å². The fourth-order valence-electron chi connectivity index (χ4n) is 10.0. The van der Waals surface area contributed by atoms with Crippen molar-refractivity contribution in [2.75, 3.05) is 6.61 Å². The van der Waals surface area contributed by atoms with Crippen LogP contribution in [0.5, 0.6) is 0 Å². The van der Waals surface area contributed by atoms with Gasteiger partial charge in [0.2, 0.25) is 5.91 Å². The Morgan fingerprint density at radius 2 is 0.627 bits per heavy atom. The minimum atomic E-state index is -0.781. The zero-order chi connectivity index (χ0) is 48.8. The molecule has 0 aliphatic rings. The predicted octanol–water partition coefficient (Wildman–Crippen LogP) is 19.1. The summed E-state index contributed by atoms with van der Waals surface area (Å²) in [5.41, 5.74) is 0. The van der Waals surface area contributed by atoms with E-state index in [2.05, 4.69) is 26.1 Å². The molecule has 0 aliphatic carbocycles. The van der Waals surface area contributed by atoms with E-state index in [1.807, 2.05) is 0 Å². The summed E-state index contributed by atoms with van der Waals surface area (Å²) < 4.78 is 5.99. The topological polar surface area (TPSA) is 95.9 Å². The number of aliphatic hydroxyl groups is 2. The van der Waals surface area contributed by atoms with Crippen molar-refractivity contribution in [3.8, 4) is 0 Å². The summed E-state index contributed by atoms with van der Waals surface area (Å²) in [5.74, 6) is -0.441. The molecule has 3 N–H and O–H groups in total. The highest BCUT2D eigenvalue weighted by Gasteiger charge is 2.24. The Hall–Kier alpha value is -1.14. The van der Waals surface area contributed by atoms with E-state index in [1.165, 1.54) is 270 Å². The second kappa shape index (κ2) is 55.8. The number of carbonyl (C=O) groups excluding carboxylic acids is 2. The highest BCUT2D eigenvalue weighted by molar-refractivity contribution is 5.77. The highest BCUT2D eigenvalue weighted by Crippen LogP contribution is 2.20. The second-order valence-electron chi connectivity index (χ2n) is 21.5. The number of ether oxygens (including phenoxy) is 1. The van der Waals surface area contributed by atoms with Crippen LogP contribution in [0.25, 0.3) is 0 Å². The third-order valence-corrected chi connectivity index (χ3v) is 14.7. The van der Waals surface area contributed by atoms with Crippen molar-refractivity contribution < 1.29 is 24.5 Å². The zero-order valence-electron chi connectivity index (χ0n) is 45.8. The molecule has 67 heavy (non-hydrogen) atoms. The molecule has 0 aromatic heterocycles. The van der Waals surface area contributed by atoms with Gasteiger partial charge in [-0.05, 0) is 25.7 Å². The Bertz CT molecular complexity index is 975. The summed E-state index contributed by atoms with van der Waals surface area (Å²) in [6.07, 6.45) is 63.2. The first-order chi connectivity index (χ1) is 33.0. The summed E-state index contributed by atoms with van der Waals surface area (Å²) in [7, 11) is 0. The van der Waals surface area contributed by atoms with Crippen LogP contribution in [0.3, 0.4) is 0 Å². The molecule has 3 unspecified atom stereocenters. The van der Waals surface area contributed by atoms with Crippen LogP contribution in [0.4, 0.5) is 0 Å². The van der Waals surface area contributed by atoms with E-state index in [1.54, 1.807) is 0 Å². The Balaban J connectivity index is 4.48. The average Bonchev–Trinajstić information content (AvgIpc) is 3.32. The van der Waals surface area contributed by atoms with Crippen molar-refractivity contribution in [2.24, 2.45) is 0 Å². The minimum absolute atomic E-state index is 0.0890. The van der Waals surface area contributed by atoms with E-state index >= 15 is 0 Å². The van der Waals surface area contributed by atoms with Gasteiger partial charge in [0.05, 0.1) is 25.2 Å². The maximum Gasteiger partial charge on any atom is 0.306 e. The van der Waals surface area contributed by atoms with Gasteiger partial charge in [-0.2, -0.15) is 0 Å². The van der Waals surface area contributed by atoms with Gasteiger partial charge in [0.25, 0.3) is 0 Å². The standard InChI is InChI=1S/C61H121NO5/c1-4-7-10-13-16-19-22-25-28-30-32-34-37-40-43-46-49-52-57(67-61(66)54-51-48-45-42-39-36-33-29-26-23-20-17-14-11-8-5-2)55-60(65)62-58(56-63)59(64)53-50-47-44-41-38-35-31-27-24-21-18-15-12-9-6-3/h57-59,63-64H,4-56H2,1-3H3,(H,62,65). The molecule has 0 bridgehead atoms. The van der Waals surface area contributed by atoms with Gasteiger partial charge in [-0.25, -0.2) is 0 Å². The lowest BCUT2D eigenvalue weighted by Crippen LogP contribution is -2.46. The molecule has 0 rings (SSSR count). The summed E-state index contributed by atoms with van der Waals surface area (Å²) in [6.45, 7) is 6.55. The molecule has 0 saturated carbocycles. The molecule has 400 valence electrons. The molecule has 3 atom stereocenters. The molecule has 0 aromatic carbocycles. The minimum Gasteiger partial charge on any atom is -0.462 e. The molecular formula is C61H121NO5. The van der Waals surface area contributed by atoms with Crippen LogP contribution in [-0.2, 0) is 14.3 Å². The van der Waals surface area contributed by atoms with E-state index in [-0.39, 0.29) is 24.9 Å². The lowest BCUT2D eigenvalue weighted by atomic mass is 10.0. The number of unbranched alkanes of at least 4 members (excludes halogenated alkanes) is 45. The fraction of sp³-hybridized carbons (Fsp3) is 0.967. The van der Waals surface area contributed by atoms with Gasteiger partial charge in [-0.1, -0.05) is 316 Å². The molecule has 1 amide bonds. The lowest BCUT2D eigenvalue weighted by molar-refractivity contribution is -0.151. The number of carbonyl (C=O) groups is 2. The molecule has 0 aliphatic heterocycles. The molecule has 0 aromatic rings. The SMILES string of the molecule is CCCCCCCCCCCCCCCCCCCC(CC(=O)NC(CO)C(O)CCCCCCCCCCCCCCCCC)OC(=O)CCCCCCCCCCCCCCCCCC. The summed E-state index contributed by atoms with van der Waals surface area (Å²) >= 11 is 0. The number of rotatable bonds is 57. The quantitative estimate of drug-likeness (QED) is 0.0417. The number of nitrogens with one attached hydrogen (secondary N) is 1. The summed E-state index contributed by atoms with van der Waals surface area (Å²) in [6, 6.07) is -0.694. The Morgan fingerprint density at radius 3 is 0.910 bits per heavy atom. The van der Waals surface area contributed by atoms with Crippen LogP contribution in [0, 0.1) is 0 Å². The van der Waals surface area contributed by atoms with Gasteiger partial charge in [0.15, 0.2) is 0 Å². The predicted molar refractivity (Wildman–Crippen MR) is 292 cm³/mol. The number of hydrogen-bond acceptors (Lipinski definition) is 5. The number of esters is 1. The Kier molecular flexibility index (Phi) is 54.8. The molecule has 6 nitrogen and oxygen atoms in total. The van der Waals surface area contributed by atoms with Crippen molar-refractivity contribution in [3.63, 3.8) is 0 Å². The number of hydrogen-bond donors (Lipinski definition) is 3. The third kappa shape index (κ3) is 51.0. The van der Waals surface area contributed by atoms with Crippen molar-refractivity contribution in [3.05, 3.63) is 0 Å². The largest absolute Gasteiger partial charge is 0.462 e. The van der Waals surface area contributed by atoms with Crippen LogP contribution < -0.4 is 5.32 Å². The molecule has 0 heterocycles. The van der Waals surface area contributed by atoms with Gasteiger partial charge in [0, 0.05) is 6.42 Å². The van der Waals surface area contributed by atoms with Crippen molar-refractivity contribution in [2.45, 2.75) is 373 Å². The summed E-state index contributed by atoms with van der Waals surface area (Å²) in [5, 5.41) is 23.9. The molecule has 0 fully saturated rings. The Morgan fingerprint density at radius 1 is 0.373 bits per heavy atom. The van der Waals surface area contributed by atoms with Crippen molar-refractivity contribution in [1.82, 2.24) is 5.32 Å². The molecule has 0 saturated heterocycles. The van der Waals surface area contributed by atoms with Crippen molar-refractivity contribution >= 4 is 11.9 Å². The van der Waals surface area contributed by atoms with Crippen LogP contribution in [0.15, 0.2) is 0 Å². The highest BCUT2D eigenvalue weighted by atomic mass is 16.5. The molecule has 0 spiro atoms. The van der Waals surface area contributed by atoms with Crippen molar-refractivity contribution in [1.29, 1.82) is 0 Å². The van der Waals surface area contributed by atoms with Gasteiger partial charge in [-0.15, -0.1) is 0 Å². The normalized spacial score (nSPS) is 13.0. The maximum atomic E-state index is 13.3. The van der Waals surface area contributed by atoms with Crippen LogP contribution >= 0.6 is 0 Å². The van der Waals surface area contributed by atoms with E-state index in [0.29, 0.717) is 19.3 Å². The lowest BCUT2D eigenvalue weighted by Gasteiger charge is -2.24. The molecule has 0 radical (unpaired) electrons. The van der Waals surface area contributed by atoms with E-state index in [0.717, 1.165) is 38.5 Å². The monoisotopic (exact) mass is 948 g/mol. The maximum absolute atomic E-state index is 13.3. The second-order valence-corrected chi connectivity index (χ2v) is 21.5. The van der Waals surface area contributed by atoms with E-state index in [9.17, 15) is 19.8 Å². The van der Waals surface area contributed by atoms with E-state index < -0.39 is 18.2 Å². The third-order valence-electron chi connectivity index (χ3n) is 14.7. The molecule has 6 heteroatoms. The first kappa shape index (κ1) is 65.9. The summed E-state index contributed by atoms with van der Waals surface area (Å²) in [4.78, 5) is 26.3. The zero-order valence-corrected chi connectivity index (χ0v) is 45.8. The van der Waals surface area contributed by atoms with E-state index in [4.69, 9.17) is 4.74 Å². The van der Waals surface area contributed by atoms with Gasteiger partial charge in [-0.3, -0.25) is 9.59 Å². The number of aliphatic hydroxyl groups excluding tert-OH is 2. The van der Waals surface area contributed by atoms with Crippen LogP contribution in [0.2, 0.25) is 0 Å². The van der Waals surface area contributed by atoms with Crippen LogP contribution in [-0.4, -0.2) is 46.9 Å². The van der Waals surface area contributed by atoms with Gasteiger partial charge >= 0.3 is 5.97 Å². The Labute approximate surface area is 419 Å². The first-order valence-corrected chi connectivity index (χ1v) is 30.8. The average molecular weight is 949 g/mol. The first-order valence-electron chi connectivity index (χ1n) is 30.8. The number of amides is 1. The molecular weight excluding hydrogens is 827 g/mol. The van der Waals surface area contributed by atoms with Gasteiger partial charge in [0.1, 0.15) is 6.10 Å².